The Morgan fingerprint density at radius 2 is 1.92 bits per heavy atom. The van der Waals surface area contributed by atoms with Crippen LogP contribution in [0.1, 0.15) is 28.8 Å². The molecule has 138 valence electrons. The molecule has 25 heavy (non-hydrogen) atoms. The summed E-state index contributed by atoms with van der Waals surface area (Å²) in [5.41, 5.74) is 3.13. The number of carbonyl (C=O) groups is 2. The lowest BCUT2D eigenvalue weighted by atomic mass is 10.1. The molecule has 0 aromatic heterocycles. The molecule has 5 nitrogen and oxygen atoms in total. The molecule has 1 saturated heterocycles. The Morgan fingerprint density at radius 1 is 1.28 bits per heavy atom. The van der Waals surface area contributed by atoms with Crippen molar-refractivity contribution in [3.8, 4) is 0 Å². The fourth-order valence-electron chi connectivity index (χ4n) is 2.69. The van der Waals surface area contributed by atoms with Crippen LogP contribution in [0, 0.1) is 6.92 Å². The number of rotatable bonds is 6. The van der Waals surface area contributed by atoms with Gasteiger partial charge in [-0.25, -0.2) is 0 Å². The molecule has 1 heterocycles. The molecule has 1 aromatic rings. The van der Waals surface area contributed by atoms with Crippen molar-refractivity contribution >= 4 is 24.3 Å². The zero-order valence-electron chi connectivity index (χ0n) is 15.1. The van der Waals surface area contributed by atoms with Gasteiger partial charge in [0.05, 0.1) is 0 Å². The molecular formula is C19H28ClN3O2. The van der Waals surface area contributed by atoms with Crippen molar-refractivity contribution in [3.05, 3.63) is 46.0 Å². The topological polar surface area (TPSA) is 61.4 Å². The Bertz CT molecular complexity index is 582. The predicted molar refractivity (Wildman–Crippen MR) is 103 cm³/mol. The Balaban J connectivity index is 0.00000151. The van der Waals surface area contributed by atoms with Crippen molar-refractivity contribution in [2.24, 2.45) is 0 Å². The molecule has 0 spiro atoms. The van der Waals surface area contributed by atoms with Crippen molar-refractivity contribution in [3.63, 3.8) is 0 Å². The Labute approximate surface area is 155 Å². The maximum atomic E-state index is 12.4. The third-order valence-electron chi connectivity index (χ3n) is 4.22. The monoisotopic (exact) mass is 365 g/mol. The number of benzene rings is 1. The van der Waals surface area contributed by atoms with E-state index in [1.165, 1.54) is 5.57 Å². The van der Waals surface area contributed by atoms with Crippen LogP contribution in [0.4, 0.5) is 0 Å². The quantitative estimate of drug-likeness (QED) is 0.760. The molecule has 1 aliphatic heterocycles. The van der Waals surface area contributed by atoms with Gasteiger partial charge in [0.25, 0.3) is 5.91 Å². The highest BCUT2D eigenvalue weighted by Crippen LogP contribution is 2.18. The van der Waals surface area contributed by atoms with E-state index in [-0.39, 0.29) is 5.91 Å². The lowest BCUT2D eigenvalue weighted by molar-refractivity contribution is -0.0980. The minimum Gasteiger partial charge on any atom is -0.340 e. The molecule has 0 bridgehead atoms. The number of halogens is 1. The number of likely N-dealkylation sites (N-methyl/N-ethyl adjacent to an activating group) is 1. The molecule has 6 heteroatoms. The van der Waals surface area contributed by atoms with Crippen molar-refractivity contribution in [2.45, 2.75) is 19.8 Å². The van der Waals surface area contributed by atoms with Gasteiger partial charge in [0.1, 0.15) is 6.79 Å². The van der Waals surface area contributed by atoms with Crippen molar-refractivity contribution < 1.29 is 9.59 Å². The average Bonchev–Trinajstić information content (AvgIpc) is 2.67. The van der Waals surface area contributed by atoms with Gasteiger partial charge in [-0.1, -0.05) is 35.4 Å². The third-order valence-corrected chi connectivity index (χ3v) is 4.62. The van der Waals surface area contributed by atoms with Gasteiger partial charge in [-0.2, -0.15) is 0 Å². The molecule has 1 aromatic carbocycles. The summed E-state index contributed by atoms with van der Waals surface area (Å²) in [5.74, 6) is 0.0627. The summed E-state index contributed by atoms with van der Waals surface area (Å²) in [7, 11) is 1.84. The maximum absolute atomic E-state index is 12.4. The zero-order valence-corrected chi connectivity index (χ0v) is 15.9. The van der Waals surface area contributed by atoms with Crippen molar-refractivity contribution in [1.82, 2.24) is 15.5 Å². The number of hydrogen-bond acceptors (Lipinski definition) is 4. The van der Waals surface area contributed by atoms with E-state index in [1.54, 1.807) is 4.90 Å². The number of amides is 1. The number of nitrogens with one attached hydrogen (secondary N) is 2. The summed E-state index contributed by atoms with van der Waals surface area (Å²) < 4.78 is 0. The average molecular weight is 366 g/mol. The highest BCUT2D eigenvalue weighted by molar-refractivity contribution is 6.30. The van der Waals surface area contributed by atoms with Crippen LogP contribution in [0.25, 0.3) is 0 Å². The van der Waals surface area contributed by atoms with Crippen LogP contribution in [-0.4, -0.2) is 57.4 Å². The van der Waals surface area contributed by atoms with Crippen molar-refractivity contribution in [2.75, 3.05) is 39.8 Å². The van der Waals surface area contributed by atoms with E-state index in [9.17, 15) is 4.79 Å². The van der Waals surface area contributed by atoms with E-state index in [0.717, 1.165) is 48.6 Å². The summed E-state index contributed by atoms with van der Waals surface area (Å²) in [6, 6.07) is 7.69. The summed E-state index contributed by atoms with van der Waals surface area (Å²) in [6.45, 7) is 8.07. The molecule has 0 atom stereocenters. The van der Waals surface area contributed by atoms with Gasteiger partial charge in [-0.15, -0.1) is 0 Å². The largest absolute Gasteiger partial charge is 0.340 e. The van der Waals surface area contributed by atoms with E-state index in [1.807, 2.05) is 45.0 Å². The zero-order chi connectivity index (χ0) is 18.7. The summed E-state index contributed by atoms with van der Waals surface area (Å²) in [5, 5.41) is 7.59. The smallest absolute Gasteiger partial charge is 0.253 e. The maximum Gasteiger partial charge on any atom is 0.253 e. The molecule has 2 rings (SSSR count). The van der Waals surface area contributed by atoms with Crippen LogP contribution < -0.4 is 10.6 Å². The molecular weight excluding hydrogens is 338 g/mol. The SMILES string of the molecule is C=O.Cc1ccccc1C(=O)N(C)CCNCC(Cl)=C1CCNCC1. The van der Waals surface area contributed by atoms with Crippen LogP contribution in [0.15, 0.2) is 34.9 Å². The Kier molecular flexibility index (Phi) is 10.1. The Morgan fingerprint density at radius 3 is 2.56 bits per heavy atom. The van der Waals surface area contributed by atoms with E-state index in [4.69, 9.17) is 16.4 Å². The first-order valence-corrected chi connectivity index (χ1v) is 8.85. The summed E-state index contributed by atoms with van der Waals surface area (Å²) in [4.78, 5) is 22.1. The van der Waals surface area contributed by atoms with Crippen LogP contribution >= 0.6 is 11.6 Å². The number of hydrogen-bond donors (Lipinski definition) is 2. The second kappa shape index (κ2) is 11.8. The van der Waals surface area contributed by atoms with Crippen molar-refractivity contribution in [1.29, 1.82) is 0 Å². The standard InChI is InChI=1S/C18H26ClN3O.CH2O/c1-14-5-3-4-6-16(14)18(23)22(2)12-11-21-13-17(19)15-7-9-20-10-8-15;1-2/h3-6,20-21H,7-13H2,1-2H3;1H2. The molecule has 1 aliphatic rings. The van der Waals surface area contributed by atoms with E-state index in [2.05, 4.69) is 10.6 Å². The normalized spacial score (nSPS) is 13.6. The molecule has 0 radical (unpaired) electrons. The number of piperidine rings is 1. The van der Waals surface area contributed by atoms with Crippen LogP contribution in [0.2, 0.25) is 0 Å². The first-order valence-electron chi connectivity index (χ1n) is 8.47. The van der Waals surface area contributed by atoms with Gasteiger partial charge in [0, 0.05) is 37.3 Å². The lowest BCUT2D eigenvalue weighted by Gasteiger charge is -2.20. The van der Waals surface area contributed by atoms with E-state index >= 15 is 0 Å². The van der Waals surface area contributed by atoms with Gasteiger partial charge >= 0.3 is 0 Å². The lowest BCUT2D eigenvalue weighted by Crippen LogP contribution is -2.34. The third kappa shape index (κ3) is 6.98. The number of nitrogens with zero attached hydrogens (tertiary/aromatic N) is 1. The fourth-order valence-corrected chi connectivity index (χ4v) is 2.97. The second-order valence-electron chi connectivity index (χ2n) is 5.98. The van der Waals surface area contributed by atoms with Gasteiger partial charge in [-0.05, 0) is 44.5 Å². The Hall–Kier alpha value is -1.69. The first kappa shape index (κ1) is 21.4. The van der Waals surface area contributed by atoms with Crippen LogP contribution in [0.3, 0.4) is 0 Å². The molecule has 0 unspecified atom stereocenters. The van der Waals surface area contributed by atoms with Gasteiger partial charge in [0.15, 0.2) is 0 Å². The molecule has 2 N–H and O–H groups in total. The first-order chi connectivity index (χ1) is 12.1. The molecule has 0 saturated carbocycles. The van der Waals surface area contributed by atoms with Gasteiger partial charge < -0.3 is 20.3 Å². The fraction of sp³-hybridized carbons (Fsp3) is 0.474. The minimum atomic E-state index is 0.0627. The minimum absolute atomic E-state index is 0.0627. The van der Waals surface area contributed by atoms with Gasteiger partial charge in [-0.3, -0.25) is 4.79 Å². The van der Waals surface area contributed by atoms with E-state index < -0.39 is 0 Å². The molecule has 1 fully saturated rings. The second-order valence-corrected chi connectivity index (χ2v) is 6.43. The predicted octanol–water partition coefficient (Wildman–Crippen LogP) is 2.35. The summed E-state index contributed by atoms with van der Waals surface area (Å²) >= 11 is 6.36. The van der Waals surface area contributed by atoms with E-state index in [0.29, 0.717) is 13.1 Å². The highest BCUT2D eigenvalue weighted by atomic mass is 35.5. The molecule has 0 aliphatic carbocycles. The number of carbonyl (C=O) groups excluding carboxylic acids is 2. The molecule has 1 amide bonds. The van der Waals surface area contributed by atoms with Crippen LogP contribution in [0.5, 0.6) is 0 Å². The van der Waals surface area contributed by atoms with Gasteiger partial charge in [0.2, 0.25) is 0 Å². The summed E-state index contributed by atoms with van der Waals surface area (Å²) in [6.07, 6.45) is 2.07. The van der Waals surface area contributed by atoms with Crippen LogP contribution in [-0.2, 0) is 4.79 Å². The highest BCUT2D eigenvalue weighted by Gasteiger charge is 2.13. The number of aryl methyl sites for hydroxylation is 1.